The van der Waals surface area contributed by atoms with Crippen LogP contribution in [0.4, 0.5) is 5.82 Å². The molecular formula is C19H15N3O3. The van der Waals surface area contributed by atoms with Gasteiger partial charge in [0.05, 0.1) is 11.1 Å². The van der Waals surface area contributed by atoms with Crippen molar-refractivity contribution in [1.82, 2.24) is 10.1 Å². The van der Waals surface area contributed by atoms with E-state index in [1.54, 1.807) is 19.1 Å². The van der Waals surface area contributed by atoms with Gasteiger partial charge >= 0.3 is 0 Å². The first-order chi connectivity index (χ1) is 12.1. The molecule has 3 aromatic heterocycles. The standard InChI is InChI=1S/C19H15N3O3/c1-11-7-8-17(24-11)16-10-14(13-5-3-4-6-15(13)20-16)19(23)21-18-9-12(2)25-22-18/h3-10H,1-2H3,(H,21,22,23). The Bertz CT molecular complexity index is 1080. The van der Waals surface area contributed by atoms with Gasteiger partial charge in [0.25, 0.3) is 5.91 Å². The molecule has 0 spiro atoms. The Morgan fingerprint density at radius 1 is 1.04 bits per heavy atom. The molecule has 0 fully saturated rings. The molecule has 0 unspecified atom stereocenters. The Labute approximate surface area is 143 Å². The van der Waals surface area contributed by atoms with Gasteiger partial charge in [-0.3, -0.25) is 4.79 Å². The molecule has 0 radical (unpaired) electrons. The van der Waals surface area contributed by atoms with Crippen LogP contribution in [0.3, 0.4) is 0 Å². The normalized spacial score (nSPS) is 11.0. The molecule has 1 aromatic carbocycles. The molecule has 0 bridgehead atoms. The van der Waals surface area contributed by atoms with Crippen LogP contribution in [0.1, 0.15) is 21.9 Å². The molecule has 0 atom stereocenters. The molecular weight excluding hydrogens is 318 g/mol. The van der Waals surface area contributed by atoms with Gasteiger partial charge in [-0.2, -0.15) is 0 Å². The fourth-order valence-electron chi connectivity index (χ4n) is 2.67. The third kappa shape index (κ3) is 2.89. The maximum Gasteiger partial charge on any atom is 0.257 e. The summed E-state index contributed by atoms with van der Waals surface area (Å²) in [7, 11) is 0. The van der Waals surface area contributed by atoms with Crippen LogP contribution in [0.5, 0.6) is 0 Å². The van der Waals surface area contributed by atoms with E-state index in [4.69, 9.17) is 8.94 Å². The number of rotatable bonds is 3. The molecule has 1 N–H and O–H groups in total. The SMILES string of the molecule is Cc1cc(NC(=O)c2cc(-c3ccc(C)o3)nc3ccccc23)no1. The lowest BCUT2D eigenvalue weighted by atomic mass is 10.1. The summed E-state index contributed by atoms with van der Waals surface area (Å²) in [6, 6.07) is 14.6. The highest BCUT2D eigenvalue weighted by Gasteiger charge is 2.16. The van der Waals surface area contributed by atoms with E-state index < -0.39 is 0 Å². The molecule has 0 aliphatic heterocycles. The molecule has 0 aliphatic rings. The summed E-state index contributed by atoms with van der Waals surface area (Å²) >= 11 is 0. The maximum atomic E-state index is 12.8. The van der Waals surface area contributed by atoms with Crippen LogP contribution in [0, 0.1) is 13.8 Å². The van der Waals surface area contributed by atoms with Crippen molar-refractivity contribution in [2.75, 3.05) is 5.32 Å². The number of hydrogen-bond donors (Lipinski definition) is 1. The molecule has 0 aliphatic carbocycles. The maximum absolute atomic E-state index is 12.8. The van der Waals surface area contributed by atoms with Crippen LogP contribution in [0.25, 0.3) is 22.4 Å². The first-order valence-corrected chi connectivity index (χ1v) is 7.81. The number of nitrogens with zero attached hydrogens (tertiary/aromatic N) is 2. The topological polar surface area (TPSA) is 81.2 Å². The van der Waals surface area contributed by atoms with E-state index >= 15 is 0 Å². The lowest BCUT2D eigenvalue weighted by Gasteiger charge is -2.08. The van der Waals surface area contributed by atoms with Gasteiger partial charge in [-0.25, -0.2) is 4.98 Å². The van der Waals surface area contributed by atoms with Crippen molar-refractivity contribution in [3.05, 3.63) is 65.6 Å². The van der Waals surface area contributed by atoms with Crippen LogP contribution in [-0.4, -0.2) is 16.0 Å². The molecule has 4 rings (SSSR count). The minimum atomic E-state index is -0.281. The Balaban J connectivity index is 1.82. The molecule has 0 saturated carbocycles. The molecule has 124 valence electrons. The van der Waals surface area contributed by atoms with Crippen molar-refractivity contribution in [2.24, 2.45) is 0 Å². The number of carbonyl (C=O) groups excluding carboxylic acids is 1. The molecule has 4 aromatic rings. The molecule has 0 saturated heterocycles. The number of furan rings is 1. The van der Waals surface area contributed by atoms with Gasteiger partial charge in [0.1, 0.15) is 17.2 Å². The van der Waals surface area contributed by atoms with Crippen molar-refractivity contribution in [3.63, 3.8) is 0 Å². The van der Waals surface area contributed by atoms with E-state index in [9.17, 15) is 4.79 Å². The average molecular weight is 333 g/mol. The highest BCUT2D eigenvalue weighted by molar-refractivity contribution is 6.12. The summed E-state index contributed by atoms with van der Waals surface area (Å²) in [5.74, 6) is 2.13. The van der Waals surface area contributed by atoms with Crippen molar-refractivity contribution in [3.8, 4) is 11.5 Å². The number of aromatic nitrogens is 2. The van der Waals surface area contributed by atoms with Gasteiger partial charge in [-0.15, -0.1) is 0 Å². The van der Waals surface area contributed by atoms with Crippen LogP contribution in [-0.2, 0) is 0 Å². The second kappa shape index (κ2) is 5.90. The number of aryl methyl sites for hydroxylation is 2. The molecule has 3 heterocycles. The molecule has 6 nitrogen and oxygen atoms in total. The fourth-order valence-corrected chi connectivity index (χ4v) is 2.67. The summed E-state index contributed by atoms with van der Waals surface area (Å²) in [5, 5.41) is 7.31. The molecule has 6 heteroatoms. The second-order valence-corrected chi connectivity index (χ2v) is 5.76. The number of pyridine rings is 1. The predicted octanol–water partition coefficient (Wildman–Crippen LogP) is 4.35. The summed E-state index contributed by atoms with van der Waals surface area (Å²) in [5.41, 5.74) is 1.82. The fraction of sp³-hybridized carbons (Fsp3) is 0.105. The summed E-state index contributed by atoms with van der Waals surface area (Å²) in [6.07, 6.45) is 0. The van der Waals surface area contributed by atoms with Crippen LogP contribution in [0.2, 0.25) is 0 Å². The zero-order chi connectivity index (χ0) is 17.4. The Hall–Kier alpha value is -3.41. The van der Waals surface area contributed by atoms with Gasteiger partial charge in [-0.1, -0.05) is 23.4 Å². The highest BCUT2D eigenvalue weighted by atomic mass is 16.5. The summed E-state index contributed by atoms with van der Waals surface area (Å²) in [6.45, 7) is 3.63. The number of carbonyl (C=O) groups is 1. The number of para-hydroxylation sites is 1. The van der Waals surface area contributed by atoms with Crippen LogP contribution < -0.4 is 5.32 Å². The minimum absolute atomic E-state index is 0.281. The van der Waals surface area contributed by atoms with E-state index in [1.807, 2.05) is 43.3 Å². The number of anilines is 1. The third-order valence-electron chi connectivity index (χ3n) is 3.82. The van der Waals surface area contributed by atoms with E-state index in [0.29, 0.717) is 28.6 Å². The van der Waals surface area contributed by atoms with Crippen molar-refractivity contribution >= 4 is 22.6 Å². The number of fused-ring (bicyclic) bond motifs is 1. The lowest BCUT2D eigenvalue weighted by Crippen LogP contribution is -2.13. The largest absolute Gasteiger partial charge is 0.460 e. The van der Waals surface area contributed by atoms with Crippen molar-refractivity contribution in [2.45, 2.75) is 13.8 Å². The number of nitrogens with one attached hydrogen (secondary N) is 1. The van der Waals surface area contributed by atoms with Gasteiger partial charge in [0, 0.05) is 11.5 Å². The van der Waals surface area contributed by atoms with E-state index in [0.717, 1.165) is 16.7 Å². The van der Waals surface area contributed by atoms with Gasteiger partial charge in [-0.05, 0) is 38.1 Å². The number of benzene rings is 1. The lowest BCUT2D eigenvalue weighted by molar-refractivity contribution is 0.102. The summed E-state index contributed by atoms with van der Waals surface area (Å²) < 4.78 is 10.6. The number of amides is 1. The molecule has 25 heavy (non-hydrogen) atoms. The van der Waals surface area contributed by atoms with Crippen LogP contribution >= 0.6 is 0 Å². The van der Waals surface area contributed by atoms with E-state index in [1.165, 1.54) is 0 Å². The average Bonchev–Trinajstić information content (AvgIpc) is 3.22. The first-order valence-electron chi connectivity index (χ1n) is 7.81. The quantitative estimate of drug-likeness (QED) is 0.603. The van der Waals surface area contributed by atoms with E-state index in [2.05, 4.69) is 15.5 Å². The third-order valence-corrected chi connectivity index (χ3v) is 3.82. The Kier molecular flexibility index (Phi) is 3.57. The first kappa shape index (κ1) is 15.1. The monoisotopic (exact) mass is 333 g/mol. The van der Waals surface area contributed by atoms with Gasteiger partial charge in [0.2, 0.25) is 0 Å². The van der Waals surface area contributed by atoms with Gasteiger partial charge in [0.15, 0.2) is 11.6 Å². The Morgan fingerprint density at radius 3 is 2.60 bits per heavy atom. The summed E-state index contributed by atoms with van der Waals surface area (Å²) in [4.78, 5) is 17.4. The van der Waals surface area contributed by atoms with Crippen molar-refractivity contribution < 1.29 is 13.7 Å². The highest BCUT2D eigenvalue weighted by Crippen LogP contribution is 2.26. The Morgan fingerprint density at radius 2 is 1.88 bits per heavy atom. The second-order valence-electron chi connectivity index (χ2n) is 5.76. The molecule has 1 amide bonds. The zero-order valence-electron chi connectivity index (χ0n) is 13.7. The smallest absolute Gasteiger partial charge is 0.257 e. The zero-order valence-corrected chi connectivity index (χ0v) is 13.7. The van der Waals surface area contributed by atoms with E-state index in [-0.39, 0.29) is 5.91 Å². The van der Waals surface area contributed by atoms with Crippen molar-refractivity contribution in [1.29, 1.82) is 0 Å². The number of hydrogen-bond acceptors (Lipinski definition) is 5. The van der Waals surface area contributed by atoms with Crippen LogP contribution in [0.15, 0.2) is 57.5 Å². The minimum Gasteiger partial charge on any atom is -0.460 e. The predicted molar refractivity (Wildman–Crippen MR) is 93.4 cm³/mol. The van der Waals surface area contributed by atoms with Gasteiger partial charge < -0.3 is 14.3 Å².